The second-order valence-electron chi connectivity index (χ2n) is 11.3. The highest BCUT2D eigenvalue weighted by molar-refractivity contribution is 6.07. The number of ether oxygens (including phenoxy) is 3. The first-order chi connectivity index (χ1) is 16.1. The summed E-state index contributed by atoms with van der Waals surface area (Å²) in [5.41, 5.74) is 1.50. The first-order valence-corrected chi connectivity index (χ1v) is 12.1. The van der Waals surface area contributed by atoms with Gasteiger partial charge in [0.25, 0.3) is 0 Å². The molecule has 0 spiro atoms. The van der Waals surface area contributed by atoms with Gasteiger partial charge in [0.2, 0.25) is 0 Å². The molecule has 2 rings (SSSR count). The Bertz CT molecular complexity index is 1060. The summed E-state index contributed by atoms with van der Waals surface area (Å²) in [7, 11) is 0. The summed E-state index contributed by atoms with van der Waals surface area (Å²) in [5, 5.41) is 0. The van der Waals surface area contributed by atoms with Gasteiger partial charge in [0.1, 0.15) is 17.2 Å². The van der Waals surface area contributed by atoms with Gasteiger partial charge in [-0.3, -0.25) is 9.59 Å². The van der Waals surface area contributed by atoms with Crippen LogP contribution < -0.4 is 14.2 Å². The fourth-order valence-corrected chi connectivity index (χ4v) is 3.25. The highest BCUT2D eigenvalue weighted by atomic mass is 16.5. The third kappa shape index (κ3) is 7.98. The number of ketones is 1. The Labute approximate surface area is 210 Å². The molecule has 0 bridgehead atoms. The smallest absolute Gasteiger partial charge is 0.316 e. The van der Waals surface area contributed by atoms with Crippen LogP contribution >= 0.6 is 0 Å². The van der Waals surface area contributed by atoms with Gasteiger partial charge in [-0.2, -0.15) is 0 Å². The highest BCUT2D eigenvalue weighted by Crippen LogP contribution is 2.40. The number of carbonyl (C=O) groups is 2. The lowest BCUT2D eigenvalue weighted by atomic mass is 9.84. The van der Waals surface area contributed by atoms with E-state index in [4.69, 9.17) is 14.2 Å². The van der Waals surface area contributed by atoms with Crippen molar-refractivity contribution < 1.29 is 23.8 Å². The number of esters is 1. The molecule has 0 aliphatic heterocycles. The van der Waals surface area contributed by atoms with E-state index in [2.05, 4.69) is 20.8 Å². The van der Waals surface area contributed by atoms with Gasteiger partial charge in [-0.05, 0) is 96.4 Å². The van der Waals surface area contributed by atoms with Crippen LogP contribution in [0.4, 0.5) is 0 Å². The second kappa shape index (κ2) is 11.1. The van der Waals surface area contributed by atoms with Crippen LogP contribution in [0.2, 0.25) is 0 Å². The van der Waals surface area contributed by atoms with Gasteiger partial charge in [-0.1, -0.05) is 26.8 Å². The van der Waals surface area contributed by atoms with E-state index in [0.29, 0.717) is 17.1 Å². The van der Waals surface area contributed by atoms with Gasteiger partial charge >= 0.3 is 5.97 Å². The zero-order valence-corrected chi connectivity index (χ0v) is 22.8. The van der Waals surface area contributed by atoms with Crippen LogP contribution in [0.5, 0.6) is 17.2 Å². The van der Waals surface area contributed by atoms with Crippen molar-refractivity contribution in [2.75, 3.05) is 0 Å². The first-order valence-electron chi connectivity index (χ1n) is 12.1. The molecule has 5 nitrogen and oxygen atoms in total. The van der Waals surface area contributed by atoms with Crippen LogP contribution in [-0.4, -0.2) is 24.0 Å². The zero-order chi connectivity index (χ0) is 26.6. The minimum atomic E-state index is -0.607. The zero-order valence-electron chi connectivity index (χ0n) is 22.8. The quantitative estimate of drug-likeness (QED) is 0.170. The van der Waals surface area contributed by atoms with Crippen molar-refractivity contribution >= 4 is 17.8 Å². The topological polar surface area (TPSA) is 61.8 Å². The lowest BCUT2D eigenvalue weighted by molar-refractivity contribution is -0.143. The molecule has 0 fully saturated rings. The maximum atomic E-state index is 13.0. The second-order valence-corrected chi connectivity index (χ2v) is 11.3. The molecule has 0 aromatic heterocycles. The van der Waals surface area contributed by atoms with Crippen LogP contribution in [0.3, 0.4) is 0 Å². The van der Waals surface area contributed by atoms with Crippen molar-refractivity contribution in [1.29, 1.82) is 0 Å². The Morgan fingerprint density at radius 1 is 0.800 bits per heavy atom. The summed E-state index contributed by atoms with van der Waals surface area (Å²) in [5.74, 6) is 1.29. The summed E-state index contributed by atoms with van der Waals surface area (Å²) >= 11 is 0. The van der Waals surface area contributed by atoms with Gasteiger partial charge in [0.15, 0.2) is 5.78 Å². The average molecular weight is 481 g/mol. The molecule has 0 saturated carbocycles. The van der Waals surface area contributed by atoms with Crippen LogP contribution in [-0.2, 0) is 10.2 Å². The van der Waals surface area contributed by atoms with Gasteiger partial charge in [0.05, 0.1) is 23.2 Å². The normalized spacial score (nSPS) is 12.3. The minimum Gasteiger partial charge on any atom is -0.490 e. The van der Waals surface area contributed by atoms with Crippen molar-refractivity contribution in [3.8, 4) is 17.2 Å². The number of allylic oxidation sites excluding steroid dienone is 1. The van der Waals surface area contributed by atoms with Crippen LogP contribution in [0.25, 0.3) is 6.08 Å². The fourth-order valence-electron chi connectivity index (χ4n) is 3.25. The molecule has 35 heavy (non-hydrogen) atoms. The van der Waals surface area contributed by atoms with Crippen molar-refractivity contribution in [3.05, 3.63) is 59.2 Å². The first kappa shape index (κ1) is 28.2. The van der Waals surface area contributed by atoms with Crippen molar-refractivity contribution in [1.82, 2.24) is 0 Å². The summed E-state index contributed by atoms with van der Waals surface area (Å²) < 4.78 is 17.7. The van der Waals surface area contributed by atoms with Gasteiger partial charge in [-0.15, -0.1) is 0 Å². The van der Waals surface area contributed by atoms with Crippen LogP contribution in [0.15, 0.2) is 42.5 Å². The lowest BCUT2D eigenvalue weighted by Gasteiger charge is -2.27. The third-order valence-corrected chi connectivity index (χ3v) is 5.04. The molecule has 0 amide bonds. The molecule has 0 unspecified atom stereocenters. The van der Waals surface area contributed by atoms with E-state index in [1.54, 1.807) is 51.1 Å². The Morgan fingerprint density at radius 2 is 1.37 bits per heavy atom. The predicted octanol–water partition coefficient (Wildman–Crippen LogP) is 7.41. The largest absolute Gasteiger partial charge is 0.490 e. The minimum absolute atomic E-state index is 0.0337. The number of rotatable bonds is 8. The fraction of sp³-hybridized carbons (Fsp3) is 0.467. The SMILES string of the molecule is CC(C)Oc1ccc(C(C)(C)C)c(OC(C)C)c1C=CC(=O)c1ccc(OC(=O)C(C)(C)C)cc1. The molecule has 0 N–H and O–H groups in total. The molecule has 0 saturated heterocycles. The highest BCUT2D eigenvalue weighted by Gasteiger charge is 2.25. The maximum Gasteiger partial charge on any atom is 0.316 e. The van der Waals surface area contributed by atoms with E-state index in [-0.39, 0.29) is 29.4 Å². The molecule has 2 aromatic carbocycles. The van der Waals surface area contributed by atoms with Gasteiger partial charge in [0, 0.05) is 11.1 Å². The van der Waals surface area contributed by atoms with E-state index < -0.39 is 5.41 Å². The standard InChI is InChI=1S/C30H40O5/c1-19(2)33-26-18-16-24(29(5,6)7)27(34-20(3)4)23(26)15-17-25(31)21-11-13-22(14-12-21)35-28(32)30(8,9)10/h11-20H,1-10H3. The Kier molecular flexibility index (Phi) is 8.94. The van der Waals surface area contributed by atoms with Crippen LogP contribution in [0.1, 0.15) is 90.7 Å². The van der Waals surface area contributed by atoms with E-state index in [9.17, 15) is 9.59 Å². The number of benzene rings is 2. The Hall–Kier alpha value is -3.08. The summed E-state index contributed by atoms with van der Waals surface area (Å²) in [6, 6.07) is 10.5. The summed E-state index contributed by atoms with van der Waals surface area (Å²) in [6.45, 7) is 19.7. The average Bonchev–Trinajstić information content (AvgIpc) is 2.71. The molecule has 2 aromatic rings. The third-order valence-electron chi connectivity index (χ3n) is 5.04. The Balaban J connectivity index is 2.42. The number of hydrogen-bond donors (Lipinski definition) is 0. The summed E-state index contributed by atoms with van der Waals surface area (Å²) in [4.78, 5) is 25.1. The molecule has 190 valence electrons. The Morgan fingerprint density at radius 3 is 1.86 bits per heavy atom. The maximum absolute atomic E-state index is 13.0. The molecular weight excluding hydrogens is 440 g/mol. The molecule has 0 heterocycles. The number of hydrogen-bond acceptors (Lipinski definition) is 5. The van der Waals surface area contributed by atoms with Crippen molar-refractivity contribution in [2.24, 2.45) is 5.41 Å². The molecule has 0 aliphatic rings. The molecular formula is C30H40O5. The molecule has 0 atom stereocenters. The lowest BCUT2D eigenvalue weighted by Crippen LogP contribution is -2.25. The monoisotopic (exact) mass is 480 g/mol. The molecule has 5 heteroatoms. The van der Waals surface area contributed by atoms with E-state index >= 15 is 0 Å². The summed E-state index contributed by atoms with van der Waals surface area (Å²) in [6.07, 6.45) is 3.21. The predicted molar refractivity (Wildman–Crippen MR) is 142 cm³/mol. The molecule has 0 aliphatic carbocycles. The molecule has 0 radical (unpaired) electrons. The van der Waals surface area contributed by atoms with Gasteiger partial charge in [-0.25, -0.2) is 0 Å². The number of carbonyl (C=O) groups excluding carboxylic acids is 2. The van der Waals surface area contributed by atoms with E-state index in [0.717, 1.165) is 16.9 Å². The van der Waals surface area contributed by atoms with E-state index in [1.165, 1.54) is 6.08 Å². The van der Waals surface area contributed by atoms with Crippen LogP contribution in [0, 0.1) is 5.41 Å². The van der Waals surface area contributed by atoms with Gasteiger partial charge < -0.3 is 14.2 Å². The van der Waals surface area contributed by atoms with Crippen molar-refractivity contribution in [2.45, 2.75) is 86.9 Å². The van der Waals surface area contributed by atoms with E-state index in [1.807, 2.05) is 39.8 Å². The van der Waals surface area contributed by atoms with Crippen molar-refractivity contribution in [3.63, 3.8) is 0 Å².